The number of nitrogens with one attached hydrogen (secondary N) is 2. The van der Waals surface area contributed by atoms with Crippen LogP contribution in [0.1, 0.15) is 24.8 Å². The smallest absolute Gasteiger partial charge is 0.301 e. The first-order chi connectivity index (χ1) is 9.12. The van der Waals surface area contributed by atoms with E-state index in [1.165, 1.54) is 4.31 Å². The van der Waals surface area contributed by atoms with Gasteiger partial charge in [0, 0.05) is 25.3 Å². The number of anilines is 1. The second kappa shape index (κ2) is 6.36. The SMILES string of the molecule is CNCc1ccc(NS(=O)(=O)N2CCCCC2)cc1. The molecule has 19 heavy (non-hydrogen) atoms. The maximum atomic E-state index is 12.2. The third-order valence-electron chi connectivity index (χ3n) is 3.24. The highest BCUT2D eigenvalue weighted by atomic mass is 32.2. The molecule has 1 aliphatic rings. The number of nitrogens with zero attached hydrogens (tertiary/aromatic N) is 1. The summed E-state index contributed by atoms with van der Waals surface area (Å²) in [7, 11) is -1.51. The topological polar surface area (TPSA) is 61.4 Å². The van der Waals surface area contributed by atoms with Gasteiger partial charge in [0.2, 0.25) is 0 Å². The van der Waals surface area contributed by atoms with Gasteiger partial charge in [-0.15, -0.1) is 0 Å². The highest BCUT2D eigenvalue weighted by Gasteiger charge is 2.23. The Morgan fingerprint density at radius 1 is 1.11 bits per heavy atom. The van der Waals surface area contributed by atoms with E-state index in [0.29, 0.717) is 18.8 Å². The highest BCUT2D eigenvalue weighted by Crippen LogP contribution is 2.17. The van der Waals surface area contributed by atoms with Crippen LogP contribution in [0.5, 0.6) is 0 Å². The molecule has 1 fully saturated rings. The summed E-state index contributed by atoms with van der Waals surface area (Å²) < 4.78 is 28.5. The molecule has 2 rings (SSSR count). The Morgan fingerprint density at radius 2 is 1.74 bits per heavy atom. The third-order valence-corrected chi connectivity index (χ3v) is 4.78. The van der Waals surface area contributed by atoms with E-state index in [1.807, 2.05) is 19.2 Å². The summed E-state index contributed by atoms with van der Waals surface area (Å²) in [6.45, 7) is 2.01. The van der Waals surface area contributed by atoms with E-state index in [2.05, 4.69) is 10.0 Å². The van der Waals surface area contributed by atoms with E-state index in [1.54, 1.807) is 12.1 Å². The second-order valence-electron chi connectivity index (χ2n) is 4.79. The Labute approximate surface area is 115 Å². The molecular weight excluding hydrogens is 262 g/mol. The zero-order valence-corrected chi connectivity index (χ0v) is 12.0. The fraction of sp³-hybridized carbons (Fsp3) is 0.538. The van der Waals surface area contributed by atoms with Crippen LogP contribution in [0.4, 0.5) is 5.69 Å². The molecule has 0 aliphatic carbocycles. The summed E-state index contributed by atoms with van der Waals surface area (Å²) in [5, 5.41) is 3.06. The van der Waals surface area contributed by atoms with E-state index in [0.717, 1.165) is 31.4 Å². The van der Waals surface area contributed by atoms with Gasteiger partial charge in [-0.05, 0) is 37.6 Å². The van der Waals surface area contributed by atoms with E-state index >= 15 is 0 Å². The zero-order chi connectivity index (χ0) is 13.7. The minimum Gasteiger partial charge on any atom is -0.316 e. The maximum absolute atomic E-state index is 12.2. The lowest BCUT2D eigenvalue weighted by atomic mass is 10.2. The molecule has 0 spiro atoms. The van der Waals surface area contributed by atoms with Crippen LogP contribution in [-0.4, -0.2) is 32.9 Å². The predicted octanol–water partition coefficient (Wildman–Crippen LogP) is 1.55. The lowest BCUT2D eigenvalue weighted by Crippen LogP contribution is -2.39. The first kappa shape index (κ1) is 14.3. The van der Waals surface area contributed by atoms with Gasteiger partial charge in [-0.25, -0.2) is 0 Å². The molecule has 5 nitrogen and oxygen atoms in total. The Bertz CT molecular complexity index is 493. The van der Waals surface area contributed by atoms with Crippen molar-refractivity contribution in [2.45, 2.75) is 25.8 Å². The molecule has 6 heteroatoms. The van der Waals surface area contributed by atoms with Crippen LogP contribution in [0.15, 0.2) is 24.3 Å². The summed E-state index contributed by atoms with van der Waals surface area (Å²) in [6.07, 6.45) is 3.01. The third kappa shape index (κ3) is 3.92. The standard InChI is InChI=1S/C13H21N3O2S/c1-14-11-12-5-7-13(8-6-12)15-19(17,18)16-9-3-2-4-10-16/h5-8,14-15H,2-4,9-11H2,1H3. The summed E-state index contributed by atoms with van der Waals surface area (Å²) in [6, 6.07) is 7.44. The van der Waals surface area contributed by atoms with Gasteiger partial charge in [-0.2, -0.15) is 12.7 Å². The average Bonchev–Trinajstić information content (AvgIpc) is 2.42. The summed E-state index contributed by atoms with van der Waals surface area (Å²) in [5.74, 6) is 0. The molecule has 2 N–H and O–H groups in total. The number of piperidine rings is 1. The lowest BCUT2D eigenvalue weighted by molar-refractivity contribution is 0.349. The van der Waals surface area contributed by atoms with E-state index in [9.17, 15) is 8.42 Å². The molecule has 1 heterocycles. The van der Waals surface area contributed by atoms with Gasteiger partial charge < -0.3 is 5.32 Å². The molecule has 1 saturated heterocycles. The Balaban J connectivity index is 2.02. The monoisotopic (exact) mass is 283 g/mol. The van der Waals surface area contributed by atoms with Crippen molar-refractivity contribution < 1.29 is 8.42 Å². The molecular formula is C13H21N3O2S. The molecule has 1 aliphatic heterocycles. The normalized spacial score (nSPS) is 17.3. The average molecular weight is 283 g/mol. The quantitative estimate of drug-likeness (QED) is 0.862. The molecule has 0 aromatic heterocycles. The number of benzene rings is 1. The van der Waals surface area contributed by atoms with E-state index < -0.39 is 10.2 Å². The van der Waals surface area contributed by atoms with Gasteiger partial charge in [-0.1, -0.05) is 18.6 Å². The molecule has 0 unspecified atom stereocenters. The van der Waals surface area contributed by atoms with Crippen LogP contribution in [-0.2, 0) is 16.8 Å². The molecule has 0 saturated carbocycles. The number of hydrogen-bond acceptors (Lipinski definition) is 3. The van der Waals surface area contributed by atoms with Crippen LogP contribution in [0.3, 0.4) is 0 Å². The van der Waals surface area contributed by atoms with Crippen LogP contribution in [0.25, 0.3) is 0 Å². The maximum Gasteiger partial charge on any atom is 0.301 e. The first-order valence-corrected chi connectivity index (χ1v) is 8.07. The molecule has 0 amide bonds. The molecule has 106 valence electrons. The van der Waals surface area contributed by atoms with Gasteiger partial charge in [0.25, 0.3) is 0 Å². The number of rotatable bonds is 5. The minimum absolute atomic E-state index is 0.616. The second-order valence-corrected chi connectivity index (χ2v) is 6.46. The predicted molar refractivity (Wildman–Crippen MR) is 77.2 cm³/mol. The summed E-state index contributed by atoms with van der Waals surface area (Å²) in [5.41, 5.74) is 1.74. The van der Waals surface area contributed by atoms with Crippen molar-refractivity contribution in [1.29, 1.82) is 0 Å². The van der Waals surface area contributed by atoms with Gasteiger partial charge in [0.05, 0.1) is 0 Å². The molecule has 1 aromatic carbocycles. The molecule has 1 aromatic rings. The highest BCUT2D eigenvalue weighted by molar-refractivity contribution is 7.90. The molecule has 0 atom stereocenters. The first-order valence-electron chi connectivity index (χ1n) is 6.63. The van der Waals surface area contributed by atoms with Crippen LogP contribution >= 0.6 is 0 Å². The van der Waals surface area contributed by atoms with Crippen molar-refractivity contribution in [3.05, 3.63) is 29.8 Å². The minimum atomic E-state index is -3.39. The van der Waals surface area contributed by atoms with Gasteiger partial charge >= 0.3 is 10.2 Å². The van der Waals surface area contributed by atoms with Crippen molar-refractivity contribution in [3.63, 3.8) is 0 Å². The van der Waals surface area contributed by atoms with Crippen LogP contribution in [0.2, 0.25) is 0 Å². The van der Waals surface area contributed by atoms with E-state index in [-0.39, 0.29) is 0 Å². The van der Waals surface area contributed by atoms with Crippen LogP contribution in [0, 0.1) is 0 Å². The van der Waals surface area contributed by atoms with Crippen molar-refractivity contribution >= 4 is 15.9 Å². The Morgan fingerprint density at radius 3 is 2.32 bits per heavy atom. The van der Waals surface area contributed by atoms with Crippen molar-refractivity contribution in [2.24, 2.45) is 0 Å². The van der Waals surface area contributed by atoms with Crippen molar-refractivity contribution in [2.75, 3.05) is 24.9 Å². The number of hydrogen-bond donors (Lipinski definition) is 2. The lowest BCUT2D eigenvalue weighted by Gasteiger charge is -2.26. The van der Waals surface area contributed by atoms with Gasteiger partial charge in [0.1, 0.15) is 0 Å². The van der Waals surface area contributed by atoms with Crippen LogP contribution < -0.4 is 10.0 Å². The Hall–Kier alpha value is -1.11. The van der Waals surface area contributed by atoms with Crippen molar-refractivity contribution in [1.82, 2.24) is 9.62 Å². The van der Waals surface area contributed by atoms with Crippen molar-refractivity contribution in [3.8, 4) is 0 Å². The van der Waals surface area contributed by atoms with E-state index in [4.69, 9.17) is 0 Å². The fourth-order valence-corrected chi connectivity index (χ4v) is 3.52. The molecule has 0 radical (unpaired) electrons. The summed E-state index contributed by atoms with van der Waals surface area (Å²) in [4.78, 5) is 0. The molecule has 0 bridgehead atoms. The zero-order valence-electron chi connectivity index (χ0n) is 11.2. The Kier molecular flexibility index (Phi) is 4.79. The van der Waals surface area contributed by atoms with Gasteiger partial charge in [-0.3, -0.25) is 4.72 Å². The largest absolute Gasteiger partial charge is 0.316 e. The van der Waals surface area contributed by atoms with Gasteiger partial charge in [0.15, 0.2) is 0 Å². The summed E-state index contributed by atoms with van der Waals surface area (Å²) >= 11 is 0. The fourth-order valence-electron chi connectivity index (χ4n) is 2.21.